The molecule has 0 unspecified atom stereocenters. The molecule has 0 atom stereocenters. The summed E-state index contributed by atoms with van der Waals surface area (Å²) in [7, 11) is 0. The number of amides is 1. The molecular weight excluding hydrogens is 365 g/mol. The summed E-state index contributed by atoms with van der Waals surface area (Å²) in [5, 5.41) is 5.82. The van der Waals surface area contributed by atoms with Crippen LogP contribution in [0.3, 0.4) is 0 Å². The Bertz CT molecular complexity index is 607. The zero-order chi connectivity index (χ0) is 16.0. The van der Waals surface area contributed by atoms with Crippen molar-refractivity contribution in [3.05, 3.63) is 52.0 Å². The molecule has 0 saturated heterocycles. The predicted molar refractivity (Wildman–Crippen MR) is 106 cm³/mol. The van der Waals surface area contributed by atoms with Crippen LogP contribution in [0.1, 0.15) is 47.7 Å². The second-order valence-corrected chi connectivity index (χ2v) is 6.38. The number of hydrogen-bond acceptors (Lipinski definition) is 4. The van der Waals surface area contributed by atoms with Gasteiger partial charge in [0.2, 0.25) is 0 Å². The first-order valence-corrected chi connectivity index (χ1v) is 8.51. The minimum atomic E-state index is -0.333. The van der Waals surface area contributed by atoms with Crippen molar-refractivity contribution in [2.75, 3.05) is 6.54 Å². The molecule has 7 heteroatoms. The number of rotatable bonds is 7. The summed E-state index contributed by atoms with van der Waals surface area (Å²) >= 11 is 1.52. The summed E-state index contributed by atoms with van der Waals surface area (Å²) in [5.74, 6) is -0.135. The lowest BCUT2D eigenvalue weighted by Crippen LogP contribution is -2.52. The Balaban J connectivity index is 0.00000264. The van der Waals surface area contributed by atoms with Crippen LogP contribution < -0.4 is 11.1 Å². The van der Waals surface area contributed by atoms with Crippen LogP contribution in [0.5, 0.6) is 0 Å². The Labute approximate surface area is 160 Å². The molecule has 134 valence electrons. The van der Waals surface area contributed by atoms with Crippen LogP contribution in [-0.4, -0.2) is 23.0 Å². The standard InChI is InChI=1S/C17H23N3OS.2ClH/c1-3-17(4-2,12-18)20-16(21)14-11-22-15(19-14)10-13-8-6-5-7-9-13;;/h5-9,11H,3-4,10,12,18H2,1-2H3,(H,20,21);2*1H. The quantitative estimate of drug-likeness (QED) is 0.755. The Kier molecular flexibility index (Phi) is 10.2. The number of benzene rings is 1. The highest BCUT2D eigenvalue weighted by Gasteiger charge is 2.27. The Hall–Kier alpha value is -1.14. The molecule has 0 spiro atoms. The normalized spacial score (nSPS) is 10.5. The van der Waals surface area contributed by atoms with E-state index in [-0.39, 0.29) is 36.3 Å². The SMILES string of the molecule is CCC(CC)(CN)NC(=O)c1csc(Cc2ccccc2)n1.Cl.Cl. The maximum atomic E-state index is 12.4. The first-order valence-electron chi connectivity index (χ1n) is 7.63. The molecule has 0 bridgehead atoms. The fourth-order valence-electron chi connectivity index (χ4n) is 2.34. The number of thiazole rings is 1. The number of nitrogens with one attached hydrogen (secondary N) is 1. The van der Waals surface area contributed by atoms with Crippen molar-refractivity contribution < 1.29 is 4.79 Å². The van der Waals surface area contributed by atoms with E-state index in [9.17, 15) is 4.79 Å². The van der Waals surface area contributed by atoms with Gasteiger partial charge >= 0.3 is 0 Å². The zero-order valence-corrected chi connectivity index (χ0v) is 16.4. The topological polar surface area (TPSA) is 68.0 Å². The van der Waals surface area contributed by atoms with Crippen LogP contribution in [0.25, 0.3) is 0 Å². The average Bonchev–Trinajstić information content (AvgIpc) is 3.02. The fraction of sp³-hybridized carbons (Fsp3) is 0.412. The second kappa shape index (κ2) is 10.7. The molecule has 3 N–H and O–H groups in total. The van der Waals surface area contributed by atoms with Gasteiger partial charge in [0.05, 0.1) is 10.5 Å². The lowest BCUT2D eigenvalue weighted by atomic mass is 9.93. The van der Waals surface area contributed by atoms with Gasteiger partial charge in [0.15, 0.2) is 0 Å². The van der Waals surface area contributed by atoms with E-state index in [1.165, 1.54) is 16.9 Å². The molecule has 1 aromatic heterocycles. The summed E-state index contributed by atoms with van der Waals surface area (Å²) in [6, 6.07) is 10.1. The van der Waals surface area contributed by atoms with Crippen LogP contribution in [0, 0.1) is 0 Å². The van der Waals surface area contributed by atoms with Gasteiger partial charge in [-0.15, -0.1) is 36.2 Å². The third kappa shape index (κ3) is 5.74. The summed E-state index contributed by atoms with van der Waals surface area (Å²) in [6.45, 7) is 4.52. The van der Waals surface area contributed by atoms with E-state index < -0.39 is 0 Å². The molecule has 0 aliphatic heterocycles. The van der Waals surface area contributed by atoms with Gasteiger partial charge in [0.1, 0.15) is 5.69 Å². The molecular formula is C17H25Cl2N3OS. The van der Waals surface area contributed by atoms with E-state index in [1.807, 2.05) is 37.4 Å². The number of halogens is 2. The molecule has 1 heterocycles. The van der Waals surface area contributed by atoms with Crippen molar-refractivity contribution in [2.45, 2.75) is 38.6 Å². The van der Waals surface area contributed by atoms with Gasteiger partial charge < -0.3 is 11.1 Å². The minimum absolute atomic E-state index is 0. The third-order valence-corrected chi connectivity index (χ3v) is 4.95. The van der Waals surface area contributed by atoms with Crippen LogP contribution >= 0.6 is 36.2 Å². The number of carbonyl (C=O) groups is 1. The van der Waals surface area contributed by atoms with E-state index in [0.29, 0.717) is 12.2 Å². The molecule has 0 radical (unpaired) electrons. The number of nitrogens with zero attached hydrogens (tertiary/aromatic N) is 1. The van der Waals surface area contributed by atoms with Gasteiger partial charge in [0.25, 0.3) is 5.91 Å². The Morgan fingerprint density at radius 2 is 1.83 bits per heavy atom. The van der Waals surface area contributed by atoms with Crippen LogP contribution in [0.15, 0.2) is 35.7 Å². The van der Waals surface area contributed by atoms with E-state index in [4.69, 9.17) is 5.73 Å². The summed E-state index contributed by atoms with van der Waals surface area (Å²) in [6.07, 6.45) is 2.38. The fourth-order valence-corrected chi connectivity index (χ4v) is 3.15. The van der Waals surface area contributed by atoms with Crippen molar-refractivity contribution in [2.24, 2.45) is 5.73 Å². The van der Waals surface area contributed by atoms with Crippen molar-refractivity contribution in [3.8, 4) is 0 Å². The Morgan fingerprint density at radius 1 is 1.21 bits per heavy atom. The summed E-state index contributed by atoms with van der Waals surface area (Å²) in [4.78, 5) is 16.8. The van der Waals surface area contributed by atoms with Gasteiger partial charge in [-0.3, -0.25) is 4.79 Å². The first kappa shape index (κ1) is 22.9. The smallest absolute Gasteiger partial charge is 0.271 e. The molecule has 4 nitrogen and oxygen atoms in total. The monoisotopic (exact) mass is 389 g/mol. The lowest BCUT2D eigenvalue weighted by Gasteiger charge is -2.31. The largest absolute Gasteiger partial charge is 0.344 e. The molecule has 24 heavy (non-hydrogen) atoms. The highest BCUT2D eigenvalue weighted by atomic mass is 35.5. The molecule has 0 fully saturated rings. The van der Waals surface area contributed by atoms with Crippen molar-refractivity contribution in [3.63, 3.8) is 0 Å². The summed E-state index contributed by atoms with van der Waals surface area (Å²) in [5.41, 5.74) is 7.18. The number of aromatic nitrogens is 1. The molecule has 2 rings (SSSR count). The van der Waals surface area contributed by atoms with E-state index in [2.05, 4.69) is 22.4 Å². The predicted octanol–water partition coefficient (Wildman–Crippen LogP) is 3.82. The van der Waals surface area contributed by atoms with Crippen LogP contribution in [0.2, 0.25) is 0 Å². The van der Waals surface area contributed by atoms with Crippen molar-refractivity contribution >= 4 is 42.1 Å². The van der Waals surface area contributed by atoms with Gasteiger partial charge in [0, 0.05) is 18.3 Å². The van der Waals surface area contributed by atoms with Gasteiger partial charge in [-0.2, -0.15) is 0 Å². The van der Waals surface area contributed by atoms with E-state index >= 15 is 0 Å². The summed E-state index contributed by atoms with van der Waals surface area (Å²) < 4.78 is 0. The van der Waals surface area contributed by atoms with Gasteiger partial charge in [-0.05, 0) is 18.4 Å². The molecule has 1 amide bonds. The highest BCUT2D eigenvalue weighted by Crippen LogP contribution is 2.17. The number of carbonyl (C=O) groups excluding carboxylic acids is 1. The van der Waals surface area contributed by atoms with E-state index in [0.717, 1.165) is 24.3 Å². The maximum Gasteiger partial charge on any atom is 0.271 e. The molecule has 0 aliphatic carbocycles. The maximum absolute atomic E-state index is 12.4. The molecule has 2 aromatic rings. The minimum Gasteiger partial charge on any atom is -0.344 e. The van der Waals surface area contributed by atoms with Crippen molar-refractivity contribution in [1.82, 2.24) is 10.3 Å². The number of hydrogen-bond donors (Lipinski definition) is 2. The second-order valence-electron chi connectivity index (χ2n) is 5.43. The van der Waals surface area contributed by atoms with Crippen LogP contribution in [0.4, 0.5) is 0 Å². The van der Waals surface area contributed by atoms with Gasteiger partial charge in [-0.25, -0.2) is 4.98 Å². The van der Waals surface area contributed by atoms with Crippen LogP contribution in [-0.2, 0) is 6.42 Å². The Morgan fingerprint density at radius 3 is 2.38 bits per heavy atom. The highest BCUT2D eigenvalue weighted by molar-refractivity contribution is 7.09. The number of nitrogens with two attached hydrogens (primary N) is 1. The van der Waals surface area contributed by atoms with E-state index in [1.54, 1.807) is 0 Å². The zero-order valence-electron chi connectivity index (χ0n) is 14.0. The molecule has 0 saturated carbocycles. The van der Waals surface area contributed by atoms with Gasteiger partial charge in [-0.1, -0.05) is 44.2 Å². The molecule has 0 aliphatic rings. The average molecular weight is 390 g/mol. The first-order chi connectivity index (χ1) is 10.6. The lowest BCUT2D eigenvalue weighted by molar-refractivity contribution is 0.0890. The van der Waals surface area contributed by atoms with Crippen molar-refractivity contribution in [1.29, 1.82) is 0 Å². The third-order valence-electron chi connectivity index (χ3n) is 4.11. The molecule has 1 aromatic carbocycles.